The smallest absolute Gasteiger partial charge is 0.336 e. The summed E-state index contributed by atoms with van der Waals surface area (Å²) in [6.45, 7) is 0.583. The first-order valence-corrected chi connectivity index (χ1v) is 10.00. The lowest BCUT2D eigenvalue weighted by atomic mass is 10.1. The Balaban J connectivity index is 1.46. The lowest BCUT2D eigenvalue weighted by Crippen LogP contribution is -2.06. The van der Waals surface area contributed by atoms with Gasteiger partial charge in [-0.1, -0.05) is 11.8 Å². The number of aromatic hydroxyl groups is 1. The van der Waals surface area contributed by atoms with E-state index >= 15 is 0 Å². The Kier molecular flexibility index (Phi) is 4.20. The molecule has 142 valence electrons. The third-order valence-electron chi connectivity index (χ3n) is 4.75. The molecule has 1 aliphatic carbocycles. The van der Waals surface area contributed by atoms with E-state index in [0.717, 1.165) is 40.5 Å². The number of aromatic nitrogens is 3. The molecule has 1 aliphatic rings. The fourth-order valence-corrected chi connectivity index (χ4v) is 4.17. The van der Waals surface area contributed by atoms with Crippen molar-refractivity contribution in [1.29, 1.82) is 0 Å². The summed E-state index contributed by atoms with van der Waals surface area (Å²) in [6, 6.07) is 10.1. The molecule has 0 radical (unpaired) electrons. The highest BCUT2D eigenvalue weighted by Gasteiger charge is 2.30. The number of phenols is 1. The minimum Gasteiger partial charge on any atom is -0.508 e. The highest BCUT2D eigenvalue weighted by molar-refractivity contribution is 7.98. The lowest BCUT2D eigenvalue weighted by molar-refractivity contribution is 0.473. The summed E-state index contributed by atoms with van der Waals surface area (Å²) in [5, 5.41) is 20.0. The van der Waals surface area contributed by atoms with Crippen LogP contribution in [0.4, 0.5) is 0 Å². The molecule has 1 aromatic carbocycles. The Morgan fingerprint density at radius 3 is 2.89 bits per heavy atom. The number of hydrogen-bond donors (Lipinski definition) is 1. The Labute approximate surface area is 164 Å². The number of rotatable bonds is 6. The van der Waals surface area contributed by atoms with Crippen LogP contribution in [0.2, 0.25) is 0 Å². The van der Waals surface area contributed by atoms with Crippen LogP contribution in [0.15, 0.2) is 61.4 Å². The summed E-state index contributed by atoms with van der Waals surface area (Å²) in [4.78, 5) is 11.9. The van der Waals surface area contributed by atoms with Gasteiger partial charge in [0.1, 0.15) is 22.9 Å². The van der Waals surface area contributed by atoms with Crippen molar-refractivity contribution >= 4 is 22.7 Å². The predicted molar refractivity (Wildman–Crippen MR) is 104 cm³/mol. The summed E-state index contributed by atoms with van der Waals surface area (Å²) in [5.41, 5.74) is 0.764. The number of hydrogen-bond acceptors (Lipinski definition) is 7. The highest BCUT2D eigenvalue weighted by atomic mass is 32.2. The highest BCUT2D eigenvalue weighted by Crippen LogP contribution is 2.40. The Morgan fingerprint density at radius 2 is 2.11 bits per heavy atom. The first-order valence-electron chi connectivity index (χ1n) is 9.01. The normalized spacial score (nSPS) is 14.0. The fraction of sp³-hybridized carbons (Fsp3) is 0.250. The van der Waals surface area contributed by atoms with Crippen molar-refractivity contribution in [3.8, 4) is 5.75 Å². The number of furan rings is 1. The minimum atomic E-state index is -0.440. The van der Waals surface area contributed by atoms with Crippen molar-refractivity contribution in [2.24, 2.45) is 0 Å². The molecule has 7 nitrogen and oxygen atoms in total. The van der Waals surface area contributed by atoms with Crippen LogP contribution < -0.4 is 5.63 Å². The van der Waals surface area contributed by atoms with Gasteiger partial charge in [-0.2, -0.15) is 0 Å². The van der Waals surface area contributed by atoms with E-state index in [1.165, 1.54) is 23.9 Å². The van der Waals surface area contributed by atoms with E-state index in [1.807, 2.05) is 12.1 Å². The lowest BCUT2D eigenvalue weighted by Gasteiger charge is -2.09. The molecule has 1 saturated carbocycles. The van der Waals surface area contributed by atoms with Gasteiger partial charge in [0, 0.05) is 29.2 Å². The van der Waals surface area contributed by atoms with Crippen molar-refractivity contribution in [1.82, 2.24) is 14.8 Å². The standard InChI is InChI=1S/C20H17N3O4S/c24-14-5-6-16-13(8-18(25)27-17(16)9-14)11-28-20-22-21-19(12-3-4-12)23(20)10-15-2-1-7-26-15/h1-2,5-9,12,24H,3-4,10-11H2. The van der Waals surface area contributed by atoms with Crippen LogP contribution >= 0.6 is 11.8 Å². The average Bonchev–Trinajstić information content (AvgIpc) is 3.23. The molecular weight excluding hydrogens is 378 g/mol. The van der Waals surface area contributed by atoms with Gasteiger partial charge in [0.15, 0.2) is 5.16 Å². The van der Waals surface area contributed by atoms with Gasteiger partial charge >= 0.3 is 5.63 Å². The third kappa shape index (κ3) is 3.31. The molecule has 0 atom stereocenters. The summed E-state index contributed by atoms with van der Waals surface area (Å²) in [5.74, 6) is 2.90. The van der Waals surface area contributed by atoms with Gasteiger partial charge in [-0.05, 0) is 42.7 Å². The van der Waals surface area contributed by atoms with Crippen molar-refractivity contribution in [3.63, 3.8) is 0 Å². The molecule has 0 aliphatic heterocycles. The van der Waals surface area contributed by atoms with Gasteiger partial charge in [0.2, 0.25) is 0 Å². The van der Waals surface area contributed by atoms with Crippen molar-refractivity contribution in [2.75, 3.05) is 0 Å². The second kappa shape index (κ2) is 6.87. The van der Waals surface area contributed by atoms with Crippen LogP contribution in [0.25, 0.3) is 11.0 Å². The van der Waals surface area contributed by atoms with Gasteiger partial charge in [0.05, 0.1) is 12.8 Å². The van der Waals surface area contributed by atoms with Crippen molar-refractivity contribution < 1.29 is 13.9 Å². The van der Waals surface area contributed by atoms with E-state index in [1.54, 1.807) is 18.4 Å². The molecule has 0 amide bonds. The maximum absolute atomic E-state index is 11.9. The summed E-state index contributed by atoms with van der Waals surface area (Å²) in [7, 11) is 0. The van der Waals surface area contributed by atoms with Gasteiger partial charge in [-0.15, -0.1) is 10.2 Å². The topological polar surface area (TPSA) is 94.3 Å². The number of benzene rings is 1. The zero-order chi connectivity index (χ0) is 19.1. The van der Waals surface area contributed by atoms with Crippen LogP contribution in [0, 0.1) is 0 Å². The molecule has 5 rings (SSSR count). The second-order valence-corrected chi connectivity index (χ2v) is 7.78. The Hall–Kier alpha value is -3.00. The van der Waals surface area contributed by atoms with Gasteiger partial charge < -0.3 is 13.9 Å². The molecule has 1 fully saturated rings. The fourth-order valence-electron chi connectivity index (χ4n) is 3.24. The summed E-state index contributed by atoms with van der Waals surface area (Å²) >= 11 is 1.52. The van der Waals surface area contributed by atoms with E-state index in [2.05, 4.69) is 14.8 Å². The van der Waals surface area contributed by atoms with E-state index in [9.17, 15) is 9.90 Å². The molecule has 0 bridgehead atoms. The van der Waals surface area contributed by atoms with Crippen LogP contribution in [0.3, 0.4) is 0 Å². The molecule has 28 heavy (non-hydrogen) atoms. The van der Waals surface area contributed by atoms with Crippen molar-refractivity contribution in [3.05, 3.63) is 70.2 Å². The van der Waals surface area contributed by atoms with E-state index < -0.39 is 5.63 Å². The molecule has 0 unspecified atom stereocenters. The van der Waals surface area contributed by atoms with Crippen molar-refractivity contribution in [2.45, 2.75) is 36.2 Å². The first kappa shape index (κ1) is 17.1. The van der Waals surface area contributed by atoms with Crippen LogP contribution in [-0.4, -0.2) is 19.9 Å². The maximum atomic E-state index is 11.9. The minimum absolute atomic E-state index is 0.0627. The zero-order valence-corrected chi connectivity index (χ0v) is 15.7. The number of phenolic OH excluding ortho intramolecular Hbond substituents is 1. The molecular formula is C20H17N3O4S. The van der Waals surface area contributed by atoms with E-state index in [0.29, 0.717) is 23.8 Å². The van der Waals surface area contributed by atoms with Gasteiger partial charge in [0.25, 0.3) is 0 Å². The average molecular weight is 395 g/mol. The predicted octanol–water partition coefficient (Wildman–Crippen LogP) is 3.90. The number of fused-ring (bicyclic) bond motifs is 1. The van der Waals surface area contributed by atoms with E-state index in [-0.39, 0.29) is 5.75 Å². The molecule has 3 aromatic heterocycles. The zero-order valence-electron chi connectivity index (χ0n) is 14.9. The molecule has 8 heteroatoms. The third-order valence-corrected chi connectivity index (χ3v) is 5.77. The van der Waals surface area contributed by atoms with Crippen LogP contribution in [0.5, 0.6) is 5.75 Å². The first-order chi connectivity index (χ1) is 13.7. The quantitative estimate of drug-likeness (QED) is 0.391. The molecule has 4 aromatic rings. The summed E-state index contributed by atoms with van der Waals surface area (Å²) in [6.07, 6.45) is 3.93. The van der Waals surface area contributed by atoms with Crippen LogP contribution in [0.1, 0.15) is 35.9 Å². The monoisotopic (exact) mass is 395 g/mol. The Morgan fingerprint density at radius 1 is 1.21 bits per heavy atom. The molecule has 1 N–H and O–H groups in total. The molecule has 0 spiro atoms. The van der Waals surface area contributed by atoms with Gasteiger partial charge in [-0.3, -0.25) is 4.57 Å². The van der Waals surface area contributed by atoms with E-state index in [4.69, 9.17) is 8.83 Å². The maximum Gasteiger partial charge on any atom is 0.336 e. The van der Waals surface area contributed by atoms with Crippen LogP contribution in [-0.2, 0) is 12.3 Å². The second-order valence-electron chi connectivity index (χ2n) is 6.84. The van der Waals surface area contributed by atoms with Gasteiger partial charge in [-0.25, -0.2) is 4.79 Å². The summed E-state index contributed by atoms with van der Waals surface area (Å²) < 4.78 is 12.8. The molecule has 3 heterocycles. The SMILES string of the molecule is O=c1cc(CSc2nnc(C3CC3)n2Cc2ccco2)c2ccc(O)cc2o1. The largest absolute Gasteiger partial charge is 0.508 e. The molecule has 0 saturated heterocycles. The number of thioether (sulfide) groups is 1. The Bertz CT molecular complexity index is 1190. The number of nitrogens with zero attached hydrogens (tertiary/aromatic N) is 3.